The average Bonchev–Trinajstić information content (AvgIpc) is 2.72. The molecule has 2 aromatic rings. The van der Waals surface area contributed by atoms with Gasteiger partial charge in [-0.2, -0.15) is 0 Å². The third kappa shape index (κ3) is 3.87. The van der Waals surface area contributed by atoms with Gasteiger partial charge in [-0.05, 0) is 30.7 Å². The summed E-state index contributed by atoms with van der Waals surface area (Å²) < 4.78 is 19.4. The van der Waals surface area contributed by atoms with Gasteiger partial charge in [-0.25, -0.2) is 4.39 Å². The molecule has 2 aromatic carbocycles. The zero-order valence-corrected chi connectivity index (χ0v) is 13.0. The number of rotatable bonds is 3. The van der Waals surface area contributed by atoms with Crippen molar-refractivity contribution in [3.05, 3.63) is 59.4 Å². The molecule has 0 radical (unpaired) electrons. The summed E-state index contributed by atoms with van der Waals surface area (Å²) in [6.07, 6.45) is 0. The van der Waals surface area contributed by atoms with E-state index in [0.717, 1.165) is 16.9 Å². The van der Waals surface area contributed by atoms with Gasteiger partial charge in [-0.1, -0.05) is 24.3 Å². The number of benzene rings is 2. The summed E-state index contributed by atoms with van der Waals surface area (Å²) in [5.41, 5.74) is 2.18. The van der Waals surface area contributed by atoms with E-state index in [0.29, 0.717) is 19.7 Å². The van der Waals surface area contributed by atoms with Gasteiger partial charge >= 0.3 is 0 Å². The Labute approximate surface area is 134 Å². The molecule has 1 aliphatic heterocycles. The molecule has 0 atom stereocenters. The number of carbonyl (C=O) groups is 1. The van der Waals surface area contributed by atoms with Gasteiger partial charge in [0.15, 0.2) is 0 Å². The Kier molecular flexibility index (Phi) is 4.57. The van der Waals surface area contributed by atoms with Crippen molar-refractivity contribution in [2.75, 3.05) is 25.0 Å². The molecule has 1 aliphatic rings. The molecule has 23 heavy (non-hydrogen) atoms. The molecule has 4 nitrogen and oxygen atoms in total. The fraction of sp³-hybridized carbons (Fsp3) is 0.278. The van der Waals surface area contributed by atoms with E-state index >= 15 is 0 Å². The number of hydrogen-bond donors (Lipinski definition) is 1. The molecule has 0 bridgehead atoms. The van der Waals surface area contributed by atoms with Gasteiger partial charge in [0.25, 0.3) is 0 Å². The third-order valence-corrected chi connectivity index (χ3v) is 3.79. The molecule has 0 saturated heterocycles. The second-order valence-corrected chi connectivity index (χ2v) is 5.70. The quantitative estimate of drug-likeness (QED) is 0.947. The summed E-state index contributed by atoms with van der Waals surface area (Å²) in [6.45, 7) is 3.88. The highest BCUT2D eigenvalue weighted by atomic mass is 19.1. The van der Waals surface area contributed by atoms with Crippen molar-refractivity contribution in [1.29, 1.82) is 0 Å². The van der Waals surface area contributed by atoms with Crippen LogP contribution >= 0.6 is 0 Å². The number of nitrogens with one attached hydrogen (secondary N) is 1. The molecule has 5 heteroatoms. The van der Waals surface area contributed by atoms with Crippen molar-refractivity contribution in [1.82, 2.24) is 4.90 Å². The predicted molar refractivity (Wildman–Crippen MR) is 87.0 cm³/mol. The summed E-state index contributed by atoms with van der Waals surface area (Å²) in [5, 5.41) is 2.65. The Balaban J connectivity index is 1.65. The Hall–Kier alpha value is -2.40. The number of halogens is 1. The first-order valence-corrected chi connectivity index (χ1v) is 7.61. The Morgan fingerprint density at radius 1 is 1.30 bits per heavy atom. The average molecular weight is 314 g/mol. The van der Waals surface area contributed by atoms with E-state index in [2.05, 4.69) is 5.32 Å². The summed E-state index contributed by atoms with van der Waals surface area (Å²) in [5.74, 6) is 0.211. The van der Waals surface area contributed by atoms with E-state index in [1.165, 1.54) is 6.07 Å². The molecule has 1 amide bonds. The van der Waals surface area contributed by atoms with Crippen LogP contribution < -0.4 is 10.1 Å². The van der Waals surface area contributed by atoms with Crippen LogP contribution in [0.15, 0.2) is 42.5 Å². The second-order valence-electron chi connectivity index (χ2n) is 5.70. The standard InChI is InChI=1S/C18H19FN2O2/c1-13-6-7-15(19)16(10-13)20-18(22)12-21-8-9-23-17-5-3-2-4-14(17)11-21/h2-7,10H,8-9,11-12H2,1H3,(H,20,22). The van der Waals surface area contributed by atoms with E-state index in [1.54, 1.807) is 12.1 Å². The fourth-order valence-electron chi connectivity index (χ4n) is 2.64. The number of nitrogens with zero attached hydrogens (tertiary/aromatic N) is 1. The van der Waals surface area contributed by atoms with Crippen LogP contribution in [0.5, 0.6) is 5.75 Å². The van der Waals surface area contributed by atoms with Crippen LogP contribution in [0.2, 0.25) is 0 Å². The molecule has 3 rings (SSSR count). The summed E-state index contributed by atoms with van der Waals surface area (Å²) in [6, 6.07) is 12.5. The minimum Gasteiger partial charge on any atom is -0.492 e. The van der Waals surface area contributed by atoms with E-state index < -0.39 is 5.82 Å². The van der Waals surface area contributed by atoms with Crippen molar-refractivity contribution in [3.8, 4) is 5.75 Å². The number of anilines is 1. The highest BCUT2D eigenvalue weighted by Crippen LogP contribution is 2.22. The second kappa shape index (κ2) is 6.79. The molecule has 0 saturated carbocycles. The third-order valence-electron chi connectivity index (χ3n) is 3.79. The predicted octanol–water partition coefficient (Wildman–Crippen LogP) is 2.97. The molecule has 0 spiro atoms. The molecular weight excluding hydrogens is 295 g/mol. The number of carbonyl (C=O) groups excluding carboxylic acids is 1. The van der Waals surface area contributed by atoms with Gasteiger partial charge < -0.3 is 10.1 Å². The number of para-hydroxylation sites is 1. The highest BCUT2D eigenvalue weighted by Gasteiger charge is 2.18. The van der Waals surface area contributed by atoms with Crippen LogP contribution in [0.25, 0.3) is 0 Å². The first-order valence-electron chi connectivity index (χ1n) is 7.61. The van der Waals surface area contributed by atoms with E-state index in [-0.39, 0.29) is 18.1 Å². The normalized spacial score (nSPS) is 14.5. The van der Waals surface area contributed by atoms with E-state index in [9.17, 15) is 9.18 Å². The van der Waals surface area contributed by atoms with Gasteiger partial charge in [0.2, 0.25) is 5.91 Å². The van der Waals surface area contributed by atoms with Crippen molar-refractivity contribution < 1.29 is 13.9 Å². The lowest BCUT2D eigenvalue weighted by atomic mass is 10.2. The van der Waals surface area contributed by atoms with Crippen LogP contribution in [0, 0.1) is 12.7 Å². The largest absolute Gasteiger partial charge is 0.492 e. The van der Waals surface area contributed by atoms with Crippen molar-refractivity contribution >= 4 is 11.6 Å². The van der Waals surface area contributed by atoms with Crippen molar-refractivity contribution in [2.24, 2.45) is 0 Å². The molecule has 0 fully saturated rings. The molecule has 0 unspecified atom stereocenters. The zero-order chi connectivity index (χ0) is 16.2. The van der Waals surface area contributed by atoms with Gasteiger partial charge in [0, 0.05) is 18.7 Å². The maximum atomic E-state index is 13.7. The number of amides is 1. The molecule has 1 N–H and O–H groups in total. The van der Waals surface area contributed by atoms with Gasteiger partial charge in [-0.15, -0.1) is 0 Å². The molecule has 1 heterocycles. The lowest BCUT2D eigenvalue weighted by Crippen LogP contribution is -2.34. The van der Waals surface area contributed by atoms with Crippen molar-refractivity contribution in [2.45, 2.75) is 13.5 Å². The smallest absolute Gasteiger partial charge is 0.238 e. The van der Waals surface area contributed by atoms with E-state index in [1.807, 2.05) is 36.1 Å². The number of aryl methyl sites for hydroxylation is 1. The Bertz CT molecular complexity index is 718. The Morgan fingerprint density at radius 3 is 3.00 bits per heavy atom. The molecular formula is C18H19FN2O2. The van der Waals surface area contributed by atoms with Gasteiger partial charge in [-0.3, -0.25) is 9.69 Å². The highest BCUT2D eigenvalue weighted by molar-refractivity contribution is 5.92. The minimum atomic E-state index is -0.423. The maximum absolute atomic E-state index is 13.7. The first-order chi connectivity index (χ1) is 11.1. The SMILES string of the molecule is Cc1ccc(F)c(NC(=O)CN2CCOc3ccccc3C2)c1. The molecule has 120 valence electrons. The van der Waals surface area contributed by atoms with Gasteiger partial charge in [0.05, 0.1) is 12.2 Å². The van der Waals surface area contributed by atoms with Gasteiger partial charge in [0.1, 0.15) is 18.2 Å². The summed E-state index contributed by atoms with van der Waals surface area (Å²) in [4.78, 5) is 14.2. The van der Waals surface area contributed by atoms with Crippen LogP contribution in [-0.2, 0) is 11.3 Å². The molecule has 0 aliphatic carbocycles. The van der Waals surface area contributed by atoms with Crippen LogP contribution in [0.3, 0.4) is 0 Å². The monoisotopic (exact) mass is 314 g/mol. The minimum absolute atomic E-state index is 0.199. The summed E-state index contributed by atoms with van der Waals surface area (Å²) >= 11 is 0. The zero-order valence-electron chi connectivity index (χ0n) is 13.0. The molecule has 0 aromatic heterocycles. The lowest BCUT2D eigenvalue weighted by molar-refractivity contribution is -0.117. The Morgan fingerprint density at radius 2 is 2.13 bits per heavy atom. The van der Waals surface area contributed by atoms with Crippen molar-refractivity contribution in [3.63, 3.8) is 0 Å². The number of ether oxygens (including phenoxy) is 1. The summed E-state index contributed by atoms with van der Waals surface area (Å²) in [7, 11) is 0. The van der Waals surface area contributed by atoms with E-state index in [4.69, 9.17) is 4.74 Å². The first kappa shape index (κ1) is 15.5. The lowest BCUT2D eigenvalue weighted by Gasteiger charge is -2.18. The topological polar surface area (TPSA) is 41.6 Å². The van der Waals surface area contributed by atoms with Crippen LogP contribution in [-0.4, -0.2) is 30.5 Å². The fourth-order valence-corrected chi connectivity index (χ4v) is 2.64. The van der Waals surface area contributed by atoms with Crippen LogP contribution in [0.1, 0.15) is 11.1 Å². The van der Waals surface area contributed by atoms with Crippen LogP contribution in [0.4, 0.5) is 10.1 Å². The number of fused-ring (bicyclic) bond motifs is 1. The maximum Gasteiger partial charge on any atom is 0.238 e. The number of hydrogen-bond acceptors (Lipinski definition) is 3.